The summed E-state index contributed by atoms with van der Waals surface area (Å²) in [6.45, 7) is 0.378. The van der Waals surface area contributed by atoms with Crippen LogP contribution in [0.3, 0.4) is 0 Å². The molecule has 1 fully saturated rings. The van der Waals surface area contributed by atoms with Crippen molar-refractivity contribution >= 4 is 31.6 Å². The predicted molar refractivity (Wildman–Crippen MR) is 106 cm³/mol. The van der Waals surface area contributed by atoms with Gasteiger partial charge in [-0.3, -0.25) is 0 Å². The van der Waals surface area contributed by atoms with Gasteiger partial charge in [0.1, 0.15) is 5.75 Å². The highest BCUT2D eigenvalue weighted by Crippen LogP contribution is 2.49. The van der Waals surface area contributed by atoms with Crippen molar-refractivity contribution in [1.29, 1.82) is 0 Å². The van der Waals surface area contributed by atoms with Gasteiger partial charge in [-0.15, -0.1) is 0 Å². The Kier molecular flexibility index (Phi) is 4.92. The standard InChI is InChI=1S/C19H21BrN2O4S/c1-26-13-3-2-4-14(10-13)27(24,25)22-8-7-15-18(11-23)21-17-6-5-12(20)9-16(17)19(15)22/h2-6,9-10,15,18-19,21,23H,7-8,11H2,1H3/t15-,18+,19-/m1/s1. The summed E-state index contributed by atoms with van der Waals surface area (Å²) in [5.41, 5.74) is 1.80. The van der Waals surface area contributed by atoms with E-state index in [9.17, 15) is 13.5 Å². The van der Waals surface area contributed by atoms with E-state index in [1.807, 2.05) is 18.2 Å². The number of hydrogen-bond donors (Lipinski definition) is 2. The number of benzene rings is 2. The quantitative estimate of drug-likeness (QED) is 0.745. The monoisotopic (exact) mass is 452 g/mol. The first-order valence-electron chi connectivity index (χ1n) is 8.78. The maximum atomic E-state index is 13.4. The van der Waals surface area contributed by atoms with Gasteiger partial charge < -0.3 is 15.2 Å². The number of sulfonamides is 1. The number of aliphatic hydroxyl groups excluding tert-OH is 1. The maximum absolute atomic E-state index is 13.4. The zero-order valence-corrected chi connectivity index (χ0v) is 17.2. The number of ether oxygens (including phenoxy) is 1. The minimum absolute atomic E-state index is 0.0113. The molecule has 0 bridgehead atoms. The summed E-state index contributed by atoms with van der Waals surface area (Å²) in [6, 6.07) is 11.9. The van der Waals surface area contributed by atoms with Crippen molar-refractivity contribution in [3.05, 3.63) is 52.5 Å². The molecule has 6 nitrogen and oxygen atoms in total. The molecule has 2 aliphatic heterocycles. The molecule has 3 atom stereocenters. The lowest BCUT2D eigenvalue weighted by molar-refractivity contribution is 0.210. The highest BCUT2D eigenvalue weighted by Gasteiger charge is 2.48. The van der Waals surface area contributed by atoms with Gasteiger partial charge in [0.05, 0.1) is 30.7 Å². The summed E-state index contributed by atoms with van der Waals surface area (Å²) < 4.78 is 34.5. The topological polar surface area (TPSA) is 78.9 Å². The lowest BCUT2D eigenvalue weighted by Crippen LogP contribution is -2.42. The first kappa shape index (κ1) is 18.7. The molecule has 0 amide bonds. The van der Waals surface area contributed by atoms with Gasteiger partial charge in [-0.2, -0.15) is 4.31 Å². The van der Waals surface area contributed by atoms with Crippen molar-refractivity contribution < 1.29 is 18.3 Å². The van der Waals surface area contributed by atoms with Crippen LogP contribution in [0.5, 0.6) is 5.75 Å². The van der Waals surface area contributed by atoms with E-state index in [0.717, 1.165) is 15.7 Å². The van der Waals surface area contributed by atoms with Gasteiger partial charge in [0.2, 0.25) is 10.0 Å². The van der Waals surface area contributed by atoms with E-state index in [-0.39, 0.29) is 29.5 Å². The summed E-state index contributed by atoms with van der Waals surface area (Å²) in [4.78, 5) is 0.220. The molecule has 4 rings (SSSR count). The SMILES string of the molecule is COc1cccc(S(=O)(=O)N2CC[C@@H]3[C@H](CO)Nc4ccc(Br)cc4[C@@H]32)c1. The summed E-state index contributed by atoms with van der Waals surface area (Å²) in [7, 11) is -2.18. The highest BCUT2D eigenvalue weighted by molar-refractivity contribution is 9.10. The minimum Gasteiger partial charge on any atom is -0.497 e. The molecule has 0 spiro atoms. The number of rotatable bonds is 4. The normalized spacial score (nSPS) is 24.8. The van der Waals surface area contributed by atoms with Gasteiger partial charge in [-0.25, -0.2) is 8.42 Å². The average Bonchev–Trinajstić information content (AvgIpc) is 3.14. The Labute approximate surface area is 167 Å². The Hall–Kier alpha value is -1.61. The van der Waals surface area contributed by atoms with E-state index < -0.39 is 10.0 Å². The number of aliphatic hydroxyl groups is 1. The van der Waals surface area contributed by atoms with Crippen LogP contribution in [0.25, 0.3) is 0 Å². The number of hydrogen-bond acceptors (Lipinski definition) is 5. The van der Waals surface area contributed by atoms with E-state index in [1.165, 1.54) is 7.11 Å². The molecule has 8 heteroatoms. The Morgan fingerprint density at radius 2 is 2.11 bits per heavy atom. The lowest BCUT2D eigenvalue weighted by atomic mass is 9.84. The zero-order valence-electron chi connectivity index (χ0n) is 14.8. The molecule has 2 heterocycles. The molecule has 1 saturated heterocycles. The largest absolute Gasteiger partial charge is 0.497 e. The van der Waals surface area contributed by atoms with Gasteiger partial charge in [0.25, 0.3) is 0 Å². The van der Waals surface area contributed by atoms with Crippen LogP contribution in [0.1, 0.15) is 18.0 Å². The smallest absolute Gasteiger partial charge is 0.243 e. The number of nitrogens with zero attached hydrogens (tertiary/aromatic N) is 1. The van der Waals surface area contributed by atoms with Gasteiger partial charge in [-0.05, 0) is 42.3 Å². The van der Waals surface area contributed by atoms with Crippen LogP contribution in [0.4, 0.5) is 5.69 Å². The maximum Gasteiger partial charge on any atom is 0.243 e. The van der Waals surface area contributed by atoms with Crippen LogP contribution in [0, 0.1) is 5.92 Å². The molecule has 2 aromatic rings. The number of halogens is 1. The van der Waals surface area contributed by atoms with Gasteiger partial charge in [-0.1, -0.05) is 22.0 Å². The molecule has 0 unspecified atom stereocenters. The first-order valence-corrected chi connectivity index (χ1v) is 11.0. The van der Waals surface area contributed by atoms with Crippen LogP contribution in [-0.4, -0.2) is 44.1 Å². The van der Waals surface area contributed by atoms with E-state index in [4.69, 9.17) is 4.74 Å². The molecule has 144 valence electrons. The molecule has 0 aliphatic carbocycles. The fourth-order valence-electron chi connectivity index (χ4n) is 4.16. The zero-order chi connectivity index (χ0) is 19.2. The van der Waals surface area contributed by atoms with Crippen LogP contribution in [-0.2, 0) is 10.0 Å². The molecule has 2 aliphatic rings. The van der Waals surface area contributed by atoms with E-state index in [1.54, 1.807) is 28.6 Å². The van der Waals surface area contributed by atoms with Crippen molar-refractivity contribution in [3.8, 4) is 5.75 Å². The van der Waals surface area contributed by atoms with Crippen molar-refractivity contribution in [3.63, 3.8) is 0 Å². The number of methoxy groups -OCH3 is 1. The van der Waals surface area contributed by atoms with Crippen molar-refractivity contribution in [2.45, 2.75) is 23.4 Å². The third kappa shape index (κ3) is 3.14. The molecule has 2 aromatic carbocycles. The van der Waals surface area contributed by atoms with Crippen molar-refractivity contribution in [1.82, 2.24) is 4.31 Å². The third-order valence-corrected chi connectivity index (χ3v) is 7.80. The molecular formula is C19H21BrN2O4S. The van der Waals surface area contributed by atoms with Crippen LogP contribution >= 0.6 is 15.9 Å². The molecule has 0 saturated carbocycles. The second-order valence-corrected chi connectivity index (χ2v) is 9.66. The van der Waals surface area contributed by atoms with E-state index in [0.29, 0.717) is 18.7 Å². The van der Waals surface area contributed by atoms with Crippen molar-refractivity contribution in [2.24, 2.45) is 5.92 Å². The van der Waals surface area contributed by atoms with Crippen LogP contribution in [0.15, 0.2) is 51.8 Å². The van der Waals surface area contributed by atoms with Gasteiger partial charge in [0.15, 0.2) is 0 Å². The molecular weight excluding hydrogens is 432 g/mol. The Morgan fingerprint density at radius 3 is 2.85 bits per heavy atom. The molecule has 0 aromatic heterocycles. The summed E-state index contributed by atoms with van der Waals surface area (Å²) >= 11 is 3.49. The van der Waals surface area contributed by atoms with Gasteiger partial charge >= 0.3 is 0 Å². The molecule has 0 radical (unpaired) electrons. The molecule has 27 heavy (non-hydrogen) atoms. The summed E-state index contributed by atoms with van der Waals surface area (Å²) in [5.74, 6) is 0.519. The van der Waals surface area contributed by atoms with Gasteiger partial charge in [0, 0.05) is 28.7 Å². The Bertz CT molecular complexity index is 966. The minimum atomic E-state index is -3.70. The van der Waals surface area contributed by atoms with Crippen LogP contribution < -0.4 is 10.1 Å². The lowest BCUT2D eigenvalue weighted by Gasteiger charge is -2.38. The van der Waals surface area contributed by atoms with Crippen LogP contribution in [0.2, 0.25) is 0 Å². The fraction of sp³-hybridized carbons (Fsp3) is 0.368. The fourth-order valence-corrected chi connectivity index (χ4v) is 6.24. The number of anilines is 1. The van der Waals surface area contributed by atoms with E-state index in [2.05, 4.69) is 21.2 Å². The Morgan fingerprint density at radius 1 is 1.30 bits per heavy atom. The predicted octanol–water partition coefficient (Wildman–Crippen LogP) is 3.00. The number of nitrogens with one attached hydrogen (secondary N) is 1. The van der Waals surface area contributed by atoms with Crippen molar-refractivity contribution in [2.75, 3.05) is 25.6 Å². The molecule has 2 N–H and O–H groups in total. The average molecular weight is 453 g/mol. The summed E-state index contributed by atoms with van der Waals surface area (Å²) in [6.07, 6.45) is 0.693. The second kappa shape index (κ2) is 7.09. The third-order valence-electron chi connectivity index (χ3n) is 5.43. The first-order chi connectivity index (χ1) is 13.0. The number of fused-ring (bicyclic) bond motifs is 3. The highest BCUT2D eigenvalue weighted by atomic mass is 79.9. The van der Waals surface area contributed by atoms with E-state index >= 15 is 0 Å². The summed E-state index contributed by atoms with van der Waals surface area (Å²) in [5, 5.41) is 13.2. The Balaban J connectivity index is 1.80. The second-order valence-electron chi connectivity index (χ2n) is 6.86.